The summed E-state index contributed by atoms with van der Waals surface area (Å²) >= 11 is 0. The summed E-state index contributed by atoms with van der Waals surface area (Å²) < 4.78 is 10.8. The Morgan fingerprint density at radius 2 is 1.93 bits per heavy atom. The lowest BCUT2D eigenvalue weighted by molar-refractivity contribution is -0.151. The molecule has 214 valence electrons. The fourth-order valence-corrected chi connectivity index (χ4v) is 6.56. The van der Waals surface area contributed by atoms with Crippen molar-refractivity contribution in [3.05, 3.63) is 70.2 Å². The molecule has 2 fully saturated rings. The second-order valence-electron chi connectivity index (χ2n) is 12.5. The Hall–Kier alpha value is -3.39. The number of amides is 1. The Bertz CT molecular complexity index is 1330. The maximum Gasteiger partial charge on any atom is 0.336 e. The van der Waals surface area contributed by atoms with Crippen LogP contribution in [0.4, 0.5) is 0 Å². The van der Waals surface area contributed by atoms with Crippen LogP contribution in [0, 0.1) is 28.6 Å². The molecule has 5 atom stereocenters. The summed E-state index contributed by atoms with van der Waals surface area (Å²) in [6.07, 6.45) is 14.1. The minimum Gasteiger partial charge on any atom is -0.485 e. The van der Waals surface area contributed by atoms with E-state index >= 15 is 0 Å². The number of esters is 1. The van der Waals surface area contributed by atoms with Crippen LogP contribution in [0.25, 0.3) is 0 Å². The molecule has 5 aliphatic rings. The van der Waals surface area contributed by atoms with Crippen molar-refractivity contribution in [3.63, 3.8) is 0 Å². The third-order valence-corrected chi connectivity index (χ3v) is 9.28. The second kappa shape index (κ2) is 10.2. The number of ether oxygens (including phenoxy) is 2. The van der Waals surface area contributed by atoms with E-state index in [9.17, 15) is 19.5 Å². The number of aliphatic hydroxyl groups excluding tert-OH is 1. The molecule has 5 rings (SSSR count). The monoisotopic (exact) mass is 548 g/mol. The molecule has 8 nitrogen and oxygen atoms in total. The van der Waals surface area contributed by atoms with E-state index in [4.69, 9.17) is 15.2 Å². The number of hydrogen-bond donors (Lipinski definition) is 2. The van der Waals surface area contributed by atoms with Gasteiger partial charge >= 0.3 is 5.97 Å². The lowest BCUT2D eigenvalue weighted by atomic mass is 9.71. The lowest BCUT2D eigenvalue weighted by Crippen LogP contribution is -2.39. The topological polar surface area (TPSA) is 119 Å². The van der Waals surface area contributed by atoms with E-state index < -0.39 is 23.4 Å². The molecule has 1 aliphatic heterocycles. The average molecular weight is 549 g/mol. The third kappa shape index (κ3) is 4.98. The number of likely N-dealkylation sites (tertiary alicyclic amines) is 1. The van der Waals surface area contributed by atoms with E-state index in [1.54, 1.807) is 6.08 Å². The number of Topliss-reactive ketones (excluding diaryl/α,β-unsaturated/α-hetero) is 1. The van der Waals surface area contributed by atoms with Gasteiger partial charge in [-0.25, -0.2) is 4.79 Å². The molecule has 0 spiro atoms. The number of carbonyl (C=O) groups excluding carboxylic acids is 3. The van der Waals surface area contributed by atoms with Crippen LogP contribution in [0.3, 0.4) is 0 Å². The number of methoxy groups -OCH3 is 1. The van der Waals surface area contributed by atoms with Crippen LogP contribution in [0.1, 0.15) is 47.0 Å². The van der Waals surface area contributed by atoms with Crippen molar-refractivity contribution in [3.8, 4) is 0 Å². The highest BCUT2D eigenvalue weighted by molar-refractivity contribution is 5.97. The Balaban J connectivity index is 1.40. The largest absolute Gasteiger partial charge is 0.485 e. The van der Waals surface area contributed by atoms with Gasteiger partial charge in [0.05, 0.1) is 24.6 Å². The van der Waals surface area contributed by atoms with Crippen molar-refractivity contribution >= 4 is 17.7 Å². The maximum absolute atomic E-state index is 13.9. The Labute approximate surface area is 235 Å². The molecule has 8 heteroatoms. The van der Waals surface area contributed by atoms with Gasteiger partial charge in [-0.05, 0) is 74.2 Å². The van der Waals surface area contributed by atoms with Crippen molar-refractivity contribution in [2.75, 3.05) is 26.8 Å². The summed E-state index contributed by atoms with van der Waals surface area (Å²) in [5.41, 5.74) is 8.60. The number of fused-ring (bicyclic) bond motifs is 2. The van der Waals surface area contributed by atoms with Crippen molar-refractivity contribution in [2.24, 2.45) is 34.3 Å². The SMILES string of the molecule is COC(=O)[C@@H](O)CN1CC(C)(C(=O)COC2=CC3(C)CC=C(C)C=C3C=C2C(N)=O)C2=CC(C)C(C3CC3)C=C21. The van der Waals surface area contributed by atoms with Crippen molar-refractivity contribution in [1.82, 2.24) is 4.90 Å². The number of β-amino-alcohol motifs (C(OH)–C–C–N with tert-alkyl or cyclic N) is 1. The number of carbonyl (C=O) groups is 3. The summed E-state index contributed by atoms with van der Waals surface area (Å²) in [4.78, 5) is 40.2. The standard InChI is InChI=1S/C32H40N2O6/c1-18-8-9-31(3)14-27(23(29(33)37)12-21(31)10-18)40-16-28(36)32(4)17-34(15-26(35)30(38)39-5)25-13-22(20-6-7-20)19(2)11-24(25)32/h8,10-14,19-20,22,26,35H,6-7,9,15-17H2,1-5H3,(H2,33,37)/t19?,22?,26-,31?,32?/m0/s1. The summed E-state index contributed by atoms with van der Waals surface area (Å²) in [6, 6.07) is 0. The normalized spacial score (nSPS) is 31.8. The minimum absolute atomic E-state index is 0.0332. The van der Waals surface area contributed by atoms with Crippen LogP contribution in [0.15, 0.2) is 70.2 Å². The van der Waals surface area contributed by atoms with Crippen molar-refractivity contribution in [1.29, 1.82) is 0 Å². The van der Waals surface area contributed by atoms with E-state index in [-0.39, 0.29) is 35.8 Å². The third-order valence-electron chi connectivity index (χ3n) is 9.28. The first-order valence-electron chi connectivity index (χ1n) is 14.1. The number of primary amides is 1. The number of hydrogen-bond acceptors (Lipinski definition) is 7. The van der Waals surface area contributed by atoms with Crippen LogP contribution < -0.4 is 5.73 Å². The molecule has 1 heterocycles. The smallest absolute Gasteiger partial charge is 0.336 e. The number of ketones is 1. The number of aliphatic hydroxyl groups is 1. The zero-order chi connectivity index (χ0) is 29.0. The van der Waals surface area contributed by atoms with Gasteiger partial charge in [-0.3, -0.25) is 9.59 Å². The molecule has 0 aromatic carbocycles. The van der Waals surface area contributed by atoms with Crippen LogP contribution in [-0.2, 0) is 23.9 Å². The lowest BCUT2D eigenvalue weighted by Gasteiger charge is -2.35. The van der Waals surface area contributed by atoms with Gasteiger partial charge in [0.25, 0.3) is 5.91 Å². The first kappa shape index (κ1) is 28.1. The van der Waals surface area contributed by atoms with Crippen LogP contribution in [0.5, 0.6) is 0 Å². The van der Waals surface area contributed by atoms with Gasteiger partial charge in [0.1, 0.15) is 12.4 Å². The maximum atomic E-state index is 13.9. The molecule has 0 aromatic heterocycles. The summed E-state index contributed by atoms with van der Waals surface area (Å²) in [5.74, 6) is 0.108. The second-order valence-corrected chi connectivity index (χ2v) is 12.5. The number of nitrogens with two attached hydrogens (primary N) is 1. The molecule has 4 unspecified atom stereocenters. The Morgan fingerprint density at radius 1 is 1.20 bits per heavy atom. The van der Waals surface area contributed by atoms with E-state index in [1.807, 2.05) is 30.9 Å². The van der Waals surface area contributed by atoms with Gasteiger partial charge in [-0.1, -0.05) is 43.7 Å². The van der Waals surface area contributed by atoms with Gasteiger partial charge in [-0.2, -0.15) is 0 Å². The van der Waals surface area contributed by atoms with Crippen LogP contribution in [-0.4, -0.2) is 60.6 Å². The molecule has 1 saturated heterocycles. The Morgan fingerprint density at radius 3 is 2.58 bits per heavy atom. The van der Waals surface area contributed by atoms with Gasteiger partial charge in [-0.15, -0.1) is 0 Å². The molecule has 3 N–H and O–H groups in total. The minimum atomic E-state index is -1.33. The van der Waals surface area contributed by atoms with Gasteiger partial charge in [0, 0.05) is 17.7 Å². The van der Waals surface area contributed by atoms with Crippen LogP contribution in [0.2, 0.25) is 0 Å². The average Bonchev–Trinajstić information content (AvgIpc) is 3.71. The molecule has 1 saturated carbocycles. The quantitative estimate of drug-likeness (QED) is 0.423. The zero-order valence-electron chi connectivity index (χ0n) is 24.0. The van der Waals surface area contributed by atoms with Gasteiger partial charge in [0.15, 0.2) is 11.9 Å². The molecule has 1 amide bonds. The predicted octanol–water partition coefficient (Wildman–Crippen LogP) is 3.51. The van der Waals surface area contributed by atoms with Crippen molar-refractivity contribution in [2.45, 2.75) is 53.1 Å². The summed E-state index contributed by atoms with van der Waals surface area (Å²) in [6.45, 7) is 8.26. The van der Waals surface area contributed by atoms with Gasteiger partial charge < -0.3 is 25.2 Å². The highest BCUT2D eigenvalue weighted by Crippen LogP contribution is 2.52. The Kier molecular flexibility index (Phi) is 7.19. The molecule has 40 heavy (non-hydrogen) atoms. The molecule has 0 aromatic rings. The fraction of sp³-hybridized carbons (Fsp3) is 0.531. The molecule has 4 aliphatic carbocycles. The predicted molar refractivity (Wildman–Crippen MR) is 150 cm³/mol. The first-order valence-corrected chi connectivity index (χ1v) is 14.1. The molecular formula is C32H40N2O6. The molecular weight excluding hydrogens is 508 g/mol. The van der Waals surface area contributed by atoms with E-state index in [0.717, 1.165) is 28.8 Å². The molecule has 0 radical (unpaired) electrons. The highest BCUT2D eigenvalue weighted by Gasteiger charge is 2.50. The summed E-state index contributed by atoms with van der Waals surface area (Å²) in [5, 5.41) is 10.5. The zero-order valence-corrected chi connectivity index (χ0v) is 24.0. The van der Waals surface area contributed by atoms with E-state index in [0.29, 0.717) is 24.1 Å². The van der Waals surface area contributed by atoms with E-state index in [2.05, 4.69) is 32.1 Å². The van der Waals surface area contributed by atoms with Crippen molar-refractivity contribution < 1.29 is 29.0 Å². The van der Waals surface area contributed by atoms with E-state index in [1.165, 1.54) is 20.0 Å². The summed E-state index contributed by atoms with van der Waals surface area (Å²) in [7, 11) is 1.25. The number of nitrogens with zero attached hydrogens (tertiary/aromatic N) is 1. The fourth-order valence-electron chi connectivity index (χ4n) is 6.56. The number of allylic oxidation sites excluding steroid dienone is 9. The highest BCUT2D eigenvalue weighted by atomic mass is 16.5. The van der Waals surface area contributed by atoms with Gasteiger partial charge in [0.2, 0.25) is 0 Å². The molecule has 0 bridgehead atoms. The number of rotatable bonds is 9. The van der Waals surface area contributed by atoms with Crippen LogP contribution >= 0.6 is 0 Å². The first-order chi connectivity index (χ1) is 18.9.